The molecule has 1 aliphatic rings. The van der Waals surface area contributed by atoms with Gasteiger partial charge in [-0.3, -0.25) is 10.1 Å². The number of likely N-dealkylation sites (tertiary alicyclic amines) is 1. The number of aryl methyl sites for hydroxylation is 1. The number of piperidine rings is 1. The molecule has 3 aromatic heterocycles. The Bertz CT molecular complexity index is 2100. The van der Waals surface area contributed by atoms with Crippen molar-refractivity contribution in [3.63, 3.8) is 0 Å². The van der Waals surface area contributed by atoms with Gasteiger partial charge in [-0.25, -0.2) is 9.48 Å². The van der Waals surface area contributed by atoms with Gasteiger partial charge < -0.3 is 30.2 Å². The van der Waals surface area contributed by atoms with Gasteiger partial charge in [-0.2, -0.15) is 0 Å². The number of hydrogen-bond acceptors (Lipinski definition) is 11. The molecule has 0 spiro atoms. The van der Waals surface area contributed by atoms with Crippen molar-refractivity contribution >= 4 is 55.7 Å². The minimum Gasteiger partial charge on any atom is -0.506 e. The third-order valence-corrected chi connectivity index (χ3v) is 10.7. The molecule has 3 aromatic carbocycles. The predicted molar refractivity (Wildman–Crippen MR) is 192 cm³/mol. The Kier molecular flexibility index (Phi) is 10.0. The molecule has 12 nitrogen and oxygen atoms in total. The largest absolute Gasteiger partial charge is 0.506 e. The molecule has 0 bridgehead atoms. The Balaban J connectivity index is 0.834. The smallest absolute Gasteiger partial charge is 0.411 e. The standard InChI is InChI=1S/C35H37N7O5S2/c43-29-10-8-25(33-31(29)38-35(46)49-33)30(44)21-36-20-22-7-9-28-27(19-22)39-40-42(28)15-4-14-41-16-11-24(12-17-41)47-34(45)37-26-13-18-48-32(26)23-5-2-1-3-6-23/h1-3,5-10,13,18-19,24,30,36,43-44H,4,11-12,14-17,20-21H2,(H,37,45)(H,38,46)/t30-/m0/s1. The molecule has 1 aliphatic heterocycles. The summed E-state index contributed by atoms with van der Waals surface area (Å²) in [6.07, 6.45) is 1.17. The van der Waals surface area contributed by atoms with Crippen molar-refractivity contribution in [2.45, 2.75) is 44.6 Å². The zero-order valence-electron chi connectivity index (χ0n) is 26.7. The summed E-state index contributed by atoms with van der Waals surface area (Å²) >= 11 is 2.57. The van der Waals surface area contributed by atoms with E-state index in [9.17, 15) is 19.8 Å². The van der Waals surface area contributed by atoms with Crippen LogP contribution in [-0.2, 0) is 17.8 Å². The number of nitrogens with zero attached hydrogens (tertiary/aromatic N) is 4. The van der Waals surface area contributed by atoms with Crippen LogP contribution in [-0.4, -0.2) is 73.5 Å². The minimum absolute atomic E-state index is 0.0141. The first-order valence-electron chi connectivity index (χ1n) is 16.3. The van der Waals surface area contributed by atoms with Gasteiger partial charge in [0.05, 0.1) is 26.9 Å². The molecule has 0 unspecified atom stereocenters. The van der Waals surface area contributed by atoms with Gasteiger partial charge in [0.2, 0.25) is 0 Å². The van der Waals surface area contributed by atoms with E-state index in [1.54, 1.807) is 17.4 Å². The van der Waals surface area contributed by atoms with Crippen LogP contribution in [0.2, 0.25) is 0 Å². The first-order chi connectivity index (χ1) is 23.9. The number of thiazole rings is 1. The predicted octanol–water partition coefficient (Wildman–Crippen LogP) is 5.69. The summed E-state index contributed by atoms with van der Waals surface area (Å²) in [7, 11) is 0. The summed E-state index contributed by atoms with van der Waals surface area (Å²) in [5.74, 6) is -0.0141. The van der Waals surface area contributed by atoms with Crippen molar-refractivity contribution in [3.05, 3.63) is 92.9 Å². The number of aromatic amines is 1. The Labute approximate surface area is 290 Å². The number of phenols is 1. The van der Waals surface area contributed by atoms with Crippen LogP contribution in [0.15, 0.2) is 76.9 Å². The van der Waals surface area contributed by atoms with Gasteiger partial charge in [-0.1, -0.05) is 59.0 Å². The number of aromatic hydroxyl groups is 1. The maximum atomic E-state index is 12.7. The molecule has 0 radical (unpaired) electrons. The van der Waals surface area contributed by atoms with Gasteiger partial charge in [-0.05, 0) is 66.6 Å². The van der Waals surface area contributed by atoms with Crippen LogP contribution in [0.4, 0.5) is 10.5 Å². The fourth-order valence-corrected chi connectivity index (χ4v) is 8.04. The molecule has 4 heterocycles. The molecule has 1 saturated heterocycles. The summed E-state index contributed by atoms with van der Waals surface area (Å²) in [6, 6.07) is 21.1. The maximum Gasteiger partial charge on any atom is 0.411 e. The van der Waals surface area contributed by atoms with Gasteiger partial charge in [0, 0.05) is 38.3 Å². The Morgan fingerprint density at radius 2 is 1.92 bits per heavy atom. The number of H-pyrrole nitrogens is 1. The Morgan fingerprint density at radius 1 is 1.08 bits per heavy atom. The molecule has 1 amide bonds. The highest BCUT2D eigenvalue weighted by atomic mass is 32.1. The lowest BCUT2D eigenvalue weighted by atomic mass is 10.1. The normalized spacial score (nSPS) is 14.8. The molecule has 49 heavy (non-hydrogen) atoms. The zero-order chi connectivity index (χ0) is 33.7. The highest BCUT2D eigenvalue weighted by Gasteiger charge is 2.23. The van der Waals surface area contributed by atoms with Gasteiger partial charge >= 0.3 is 11.0 Å². The number of aliphatic hydroxyl groups is 1. The monoisotopic (exact) mass is 699 g/mol. The van der Waals surface area contributed by atoms with Crippen LogP contribution in [0.25, 0.3) is 31.7 Å². The number of phenolic OH excluding ortho intramolecular Hbond substituents is 1. The second-order valence-electron chi connectivity index (χ2n) is 12.1. The Hall–Kier alpha value is -4.60. The molecule has 1 atom stereocenters. The van der Waals surface area contributed by atoms with Crippen LogP contribution >= 0.6 is 22.7 Å². The lowest BCUT2D eigenvalue weighted by Crippen LogP contribution is -2.39. The number of aliphatic hydroxyl groups excluding tert-OH is 1. The van der Waals surface area contributed by atoms with Crippen molar-refractivity contribution in [2.75, 3.05) is 31.5 Å². The number of nitrogens with one attached hydrogen (secondary N) is 3. The number of carbonyl (C=O) groups is 1. The molecule has 0 saturated carbocycles. The number of hydrogen-bond donors (Lipinski definition) is 5. The lowest BCUT2D eigenvalue weighted by molar-refractivity contribution is 0.0583. The van der Waals surface area contributed by atoms with E-state index in [-0.39, 0.29) is 23.3 Å². The number of ether oxygens (including phenoxy) is 1. The van der Waals surface area contributed by atoms with E-state index in [0.29, 0.717) is 22.3 Å². The topological polar surface area (TPSA) is 158 Å². The van der Waals surface area contributed by atoms with Crippen molar-refractivity contribution in [3.8, 4) is 16.2 Å². The molecule has 7 rings (SSSR count). The van der Waals surface area contributed by atoms with Crippen molar-refractivity contribution in [2.24, 2.45) is 0 Å². The van der Waals surface area contributed by atoms with E-state index in [2.05, 4.69) is 30.8 Å². The van der Waals surface area contributed by atoms with Crippen LogP contribution in [0.1, 0.15) is 36.5 Å². The number of rotatable bonds is 12. The van der Waals surface area contributed by atoms with E-state index in [4.69, 9.17) is 4.74 Å². The fraction of sp³-hybridized carbons (Fsp3) is 0.314. The maximum absolute atomic E-state index is 12.7. The van der Waals surface area contributed by atoms with Crippen molar-refractivity contribution in [1.82, 2.24) is 30.2 Å². The first-order valence-corrected chi connectivity index (χ1v) is 18.0. The second kappa shape index (κ2) is 14.9. The van der Waals surface area contributed by atoms with Crippen molar-refractivity contribution < 1.29 is 19.7 Å². The highest BCUT2D eigenvalue weighted by Crippen LogP contribution is 2.34. The number of thiophene rings is 1. The van der Waals surface area contributed by atoms with Crippen LogP contribution in [0, 0.1) is 0 Å². The molecule has 5 N–H and O–H groups in total. The molecular weight excluding hydrogens is 663 g/mol. The van der Waals surface area contributed by atoms with Gasteiger partial charge in [-0.15, -0.1) is 16.4 Å². The number of benzene rings is 3. The summed E-state index contributed by atoms with van der Waals surface area (Å²) < 4.78 is 8.26. The molecule has 6 aromatic rings. The van der Waals surface area contributed by atoms with Crippen molar-refractivity contribution in [1.29, 1.82) is 0 Å². The SMILES string of the molecule is O=C(Nc1ccsc1-c1ccccc1)OC1CCN(CCCn2nnc3cc(CNC[C@H](O)c4ccc(O)c5[nH]c(=O)sc45)ccc32)CC1. The molecule has 1 fully saturated rings. The van der Waals surface area contributed by atoms with E-state index < -0.39 is 12.2 Å². The number of fused-ring (bicyclic) bond motifs is 2. The summed E-state index contributed by atoms with van der Waals surface area (Å²) in [4.78, 5) is 30.2. The molecule has 14 heteroatoms. The average Bonchev–Trinajstić information content (AvgIpc) is 3.85. The number of amides is 1. The van der Waals surface area contributed by atoms with Crippen LogP contribution in [0.3, 0.4) is 0 Å². The molecular formula is C35H37N7O5S2. The number of carbonyl (C=O) groups excluding carboxylic acids is 1. The molecule has 0 aliphatic carbocycles. The third-order valence-electron chi connectivity index (χ3n) is 8.78. The first kappa shape index (κ1) is 32.9. The summed E-state index contributed by atoms with van der Waals surface area (Å²) in [6.45, 7) is 4.21. The summed E-state index contributed by atoms with van der Waals surface area (Å²) in [5.41, 5.74) is 5.58. The van der Waals surface area contributed by atoms with Gasteiger partial charge in [0.25, 0.3) is 0 Å². The van der Waals surface area contributed by atoms with E-state index in [1.165, 1.54) is 6.07 Å². The lowest BCUT2D eigenvalue weighted by Gasteiger charge is -2.31. The van der Waals surface area contributed by atoms with E-state index in [0.717, 1.165) is 89.5 Å². The Morgan fingerprint density at radius 3 is 2.76 bits per heavy atom. The average molecular weight is 700 g/mol. The number of aromatic nitrogens is 4. The van der Waals surface area contributed by atoms with Crippen LogP contribution in [0.5, 0.6) is 5.75 Å². The minimum atomic E-state index is -0.845. The van der Waals surface area contributed by atoms with E-state index in [1.807, 2.05) is 64.7 Å². The van der Waals surface area contributed by atoms with Gasteiger partial charge in [0.1, 0.15) is 22.9 Å². The highest BCUT2D eigenvalue weighted by molar-refractivity contribution is 7.16. The fourth-order valence-electron chi connectivity index (χ4n) is 6.26. The van der Waals surface area contributed by atoms with Gasteiger partial charge in [0.15, 0.2) is 0 Å². The zero-order valence-corrected chi connectivity index (χ0v) is 28.3. The third kappa shape index (κ3) is 7.68. The summed E-state index contributed by atoms with van der Waals surface area (Å²) in [5, 5.41) is 37.7. The molecule has 254 valence electrons. The van der Waals surface area contributed by atoms with E-state index >= 15 is 0 Å². The quantitative estimate of drug-likeness (QED) is 0.108. The second-order valence-corrected chi connectivity index (χ2v) is 14.0. The van der Waals surface area contributed by atoms with Crippen LogP contribution < -0.4 is 15.5 Å². The number of anilines is 1.